The number of pyridine rings is 1. The van der Waals surface area contributed by atoms with Crippen molar-refractivity contribution in [3.63, 3.8) is 0 Å². The Morgan fingerprint density at radius 1 is 1.22 bits per heavy atom. The zero-order chi connectivity index (χ0) is 16.4. The van der Waals surface area contributed by atoms with Gasteiger partial charge in [-0.25, -0.2) is 0 Å². The summed E-state index contributed by atoms with van der Waals surface area (Å²) >= 11 is 0. The van der Waals surface area contributed by atoms with Crippen molar-refractivity contribution in [3.05, 3.63) is 52.8 Å². The van der Waals surface area contributed by atoms with Crippen LogP contribution in [0.25, 0.3) is 0 Å². The molecule has 5 nitrogen and oxygen atoms in total. The van der Waals surface area contributed by atoms with Crippen molar-refractivity contribution in [2.45, 2.75) is 31.4 Å². The SMILES string of the molecule is COc1cc2c(cc1OC)[C@@H](c1ccncc1CO)[C@H](N)CC2. The zero-order valence-electron chi connectivity index (χ0n) is 13.5. The number of hydrogen-bond acceptors (Lipinski definition) is 5. The van der Waals surface area contributed by atoms with Crippen LogP contribution in [0, 0.1) is 0 Å². The number of fused-ring (bicyclic) bond motifs is 1. The lowest BCUT2D eigenvalue weighted by Gasteiger charge is -2.33. The number of rotatable bonds is 4. The molecule has 122 valence electrons. The van der Waals surface area contributed by atoms with Gasteiger partial charge in [0.1, 0.15) is 0 Å². The average Bonchev–Trinajstić information content (AvgIpc) is 2.60. The van der Waals surface area contributed by atoms with Crippen LogP contribution in [0.2, 0.25) is 0 Å². The van der Waals surface area contributed by atoms with Gasteiger partial charge < -0.3 is 20.3 Å². The minimum atomic E-state index is -0.0466. The second kappa shape index (κ2) is 6.56. The fraction of sp³-hybridized carbons (Fsp3) is 0.389. The fourth-order valence-corrected chi connectivity index (χ4v) is 3.43. The molecule has 1 aromatic carbocycles. The molecule has 2 atom stereocenters. The molecular weight excluding hydrogens is 292 g/mol. The first-order chi connectivity index (χ1) is 11.2. The minimum absolute atomic E-state index is 0.00620. The second-order valence-electron chi connectivity index (χ2n) is 5.82. The highest BCUT2D eigenvalue weighted by atomic mass is 16.5. The monoisotopic (exact) mass is 314 g/mol. The smallest absolute Gasteiger partial charge is 0.161 e. The second-order valence-corrected chi connectivity index (χ2v) is 5.82. The minimum Gasteiger partial charge on any atom is -0.493 e. The van der Waals surface area contributed by atoms with Crippen LogP contribution in [0.4, 0.5) is 0 Å². The van der Waals surface area contributed by atoms with E-state index < -0.39 is 0 Å². The van der Waals surface area contributed by atoms with E-state index in [0.29, 0.717) is 5.75 Å². The molecule has 3 rings (SSSR count). The van der Waals surface area contributed by atoms with Crippen LogP contribution >= 0.6 is 0 Å². The molecule has 0 aliphatic heterocycles. The maximum Gasteiger partial charge on any atom is 0.161 e. The number of nitrogens with zero attached hydrogens (tertiary/aromatic N) is 1. The number of benzene rings is 1. The lowest BCUT2D eigenvalue weighted by molar-refractivity contribution is 0.279. The van der Waals surface area contributed by atoms with Gasteiger partial charge in [0.2, 0.25) is 0 Å². The summed E-state index contributed by atoms with van der Waals surface area (Å²) in [5.41, 5.74) is 10.6. The Hall–Kier alpha value is -2.11. The molecule has 0 saturated heterocycles. The standard InChI is InChI=1S/C18H22N2O3/c1-22-16-7-11-3-4-15(19)18(14(11)8-17(16)23-2)13-5-6-20-9-12(13)10-21/h5-9,15,18,21H,3-4,10,19H2,1-2H3/t15-,18-/m1/s1. The predicted octanol–water partition coefficient (Wildman–Crippen LogP) is 2.00. The van der Waals surface area contributed by atoms with Gasteiger partial charge in [0.15, 0.2) is 11.5 Å². The molecule has 1 aromatic heterocycles. The van der Waals surface area contributed by atoms with E-state index in [4.69, 9.17) is 15.2 Å². The van der Waals surface area contributed by atoms with Crippen LogP contribution in [0.1, 0.15) is 34.6 Å². The molecule has 1 aliphatic carbocycles. The highest BCUT2D eigenvalue weighted by Gasteiger charge is 2.31. The normalized spacial score (nSPS) is 20.0. The van der Waals surface area contributed by atoms with Gasteiger partial charge in [-0.3, -0.25) is 4.98 Å². The third kappa shape index (κ3) is 2.78. The topological polar surface area (TPSA) is 77.6 Å². The Morgan fingerprint density at radius 3 is 2.65 bits per heavy atom. The Morgan fingerprint density at radius 2 is 1.96 bits per heavy atom. The van der Waals surface area contributed by atoms with Crippen molar-refractivity contribution in [2.24, 2.45) is 5.73 Å². The number of hydrogen-bond donors (Lipinski definition) is 2. The third-order valence-electron chi connectivity index (χ3n) is 4.60. The van der Waals surface area contributed by atoms with Crippen LogP contribution in [-0.4, -0.2) is 30.4 Å². The summed E-state index contributed by atoms with van der Waals surface area (Å²) in [6, 6.07) is 5.99. The number of aromatic nitrogens is 1. The number of nitrogens with two attached hydrogens (primary N) is 1. The van der Waals surface area contributed by atoms with Crippen LogP contribution in [0.5, 0.6) is 11.5 Å². The number of methoxy groups -OCH3 is 2. The first-order valence-electron chi connectivity index (χ1n) is 7.73. The molecule has 0 amide bonds. The predicted molar refractivity (Wildman–Crippen MR) is 87.8 cm³/mol. The Balaban J connectivity index is 2.16. The van der Waals surface area contributed by atoms with Crippen molar-refractivity contribution >= 4 is 0 Å². The maximum absolute atomic E-state index is 9.64. The van der Waals surface area contributed by atoms with E-state index in [1.165, 1.54) is 5.56 Å². The van der Waals surface area contributed by atoms with Crippen LogP contribution in [-0.2, 0) is 13.0 Å². The van der Waals surface area contributed by atoms with Crippen molar-refractivity contribution in [1.29, 1.82) is 0 Å². The van der Waals surface area contributed by atoms with E-state index in [1.54, 1.807) is 26.6 Å². The lowest BCUT2D eigenvalue weighted by Crippen LogP contribution is -2.34. The van der Waals surface area contributed by atoms with E-state index in [1.807, 2.05) is 18.2 Å². The number of aryl methyl sites for hydroxylation is 1. The van der Waals surface area contributed by atoms with E-state index in [2.05, 4.69) is 4.98 Å². The molecule has 0 fully saturated rings. The largest absolute Gasteiger partial charge is 0.493 e. The molecule has 3 N–H and O–H groups in total. The summed E-state index contributed by atoms with van der Waals surface area (Å²) in [5.74, 6) is 1.45. The summed E-state index contributed by atoms with van der Waals surface area (Å²) in [7, 11) is 3.27. The quantitative estimate of drug-likeness (QED) is 0.902. The van der Waals surface area contributed by atoms with Crippen molar-refractivity contribution in [1.82, 2.24) is 4.98 Å². The Kier molecular flexibility index (Phi) is 4.50. The molecule has 0 unspecified atom stereocenters. The van der Waals surface area contributed by atoms with Gasteiger partial charge in [0.05, 0.1) is 20.8 Å². The summed E-state index contributed by atoms with van der Waals surface area (Å²) < 4.78 is 10.9. The van der Waals surface area contributed by atoms with Crippen LogP contribution in [0.15, 0.2) is 30.6 Å². The van der Waals surface area contributed by atoms with Gasteiger partial charge >= 0.3 is 0 Å². The van der Waals surface area contributed by atoms with Gasteiger partial charge in [-0.2, -0.15) is 0 Å². The average molecular weight is 314 g/mol. The van der Waals surface area contributed by atoms with Crippen molar-refractivity contribution in [2.75, 3.05) is 14.2 Å². The molecule has 0 radical (unpaired) electrons. The molecule has 0 saturated carbocycles. The molecule has 0 spiro atoms. The molecule has 23 heavy (non-hydrogen) atoms. The fourth-order valence-electron chi connectivity index (χ4n) is 3.43. The maximum atomic E-state index is 9.64. The van der Waals surface area contributed by atoms with Gasteiger partial charge in [-0.05, 0) is 53.3 Å². The highest BCUT2D eigenvalue weighted by molar-refractivity contribution is 5.53. The summed E-state index contributed by atoms with van der Waals surface area (Å²) in [6.45, 7) is -0.0466. The molecule has 1 heterocycles. The first-order valence-corrected chi connectivity index (χ1v) is 7.73. The summed E-state index contributed by atoms with van der Waals surface area (Å²) in [5, 5.41) is 9.64. The van der Waals surface area contributed by atoms with Crippen LogP contribution in [0.3, 0.4) is 0 Å². The zero-order valence-corrected chi connectivity index (χ0v) is 13.5. The van der Waals surface area contributed by atoms with Crippen molar-refractivity contribution < 1.29 is 14.6 Å². The summed E-state index contributed by atoms with van der Waals surface area (Å²) in [6.07, 6.45) is 5.25. The van der Waals surface area contributed by atoms with E-state index >= 15 is 0 Å². The molecular formula is C18H22N2O3. The Labute approximate surface area is 136 Å². The molecule has 1 aliphatic rings. The van der Waals surface area contributed by atoms with E-state index in [0.717, 1.165) is 35.3 Å². The Bertz CT molecular complexity index is 703. The molecule has 2 aromatic rings. The molecule has 0 bridgehead atoms. The highest BCUT2D eigenvalue weighted by Crippen LogP contribution is 2.42. The first kappa shape index (κ1) is 15.8. The third-order valence-corrected chi connectivity index (χ3v) is 4.60. The lowest BCUT2D eigenvalue weighted by atomic mass is 9.75. The van der Waals surface area contributed by atoms with Crippen LogP contribution < -0.4 is 15.2 Å². The molecule has 5 heteroatoms. The number of ether oxygens (including phenoxy) is 2. The number of aliphatic hydroxyl groups is 1. The van der Waals surface area contributed by atoms with E-state index in [-0.39, 0.29) is 18.6 Å². The van der Waals surface area contributed by atoms with Crippen molar-refractivity contribution in [3.8, 4) is 11.5 Å². The van der Waals surface area contributed by atoms with Gasteiger partial charge in [0.25, 0.3) is 0 Å². The van der Waals surface area contributed by atoms with Gasteiger partial charge in [-0.1, -0.05) is 0 Å². The number of aliphatic hydroxyl groups excluding tert-OH is 1. The van der Waals surface area contributed by atoms with Gasteiger partial charge in [0, 0.05) is 24.4 Å². The van der Waals surface area contributed by atoms with Gasteiger partial charge in [-0.15, -0.1) is 0 Å². The van der Waals surface area contributed by atoms with E-state index in [9.17, 15) is 5.11 Å². The summed E-state index contributed by atoms with van der Waals surface area (Å²) in [4.78, 5) is 4.11.